The second kappa shape index (κ2) is 5.96. The molecule has 1 atom stereocenters. The zero-order chi connectivity index (χ0) is 13.1. The number of fused-ring (bicyclic) bond motifs is 1. The van der Waals surface area contributed by atoms with Crippen LogP contribution in [-0.2, 0) is 12.8 Å². The maximum Gasteiger partial charge on any atom is 0.0401 e. The fourth-order valence-corrected chi connectivity index (χ4v) is 3.55. The molecule has 1 saturated heterocycles. The number of rotatable bonds is 1. The molecule has 0 spiro atoms. The Morgan fingerprint density at radius 2 is 2.05 bits per heavy atom. The highest BCUT2D eigenvalue weighted by molar-refractivity contribution is 5.57. The van der Waals surface area contributed by atoms with E-state index in [1.807, 2.05) is 0 Å². The molecule has 0 saturated carbocycles. The molecule has 2 heteroatoms. The molecule has 0 radical (unpaired) electrons. The van der Waals surface area contributed by atoms with E-state index in [1.54, 1.807) is 11.1 Å². The molecular weight excluding hydrogens is 232 g/mol. The Kier molecular flexibility index (Phi) is 4.07. The number of aryl methyl sites for hydroxylation is 1. The Morgan fingerprint density at radius 1 is 1.16 bits per heavy atom. The minimum Gasteiger partial charge on any atom is -0.371 e. The fourth-order valence-electron chi connectivity index (χ4n) is 3.55. The molecule has 104 valence electrons. The first-order valence-electron chi connectivity index (χ1n) is 7.91. The monoisotopic (exact) mass is 258 g/mol. The van der Waals surface area contributed by atoms with Gasteiger partial charge >= 0.3 is 0 Å². The molecule has 1 aliphatic carbocycles. The Labute approximate surface area is 117 Å². The van der Waals surface area contributed by atoms with Crippen LogP contribution < -0.4 is 10.2 Å². The third-order valence-corrected chi connectivity index (χ3v) is 4.52. The van der Waals surface area contributed by atoms with Gasteiger partial charge in [0.15, 0.2) is 0 Å². The Bertz CT molecular complexity index is 427. The summed E-state index contributed by atoms with van der Waals surface area (Å²) in [7, 11) is 0. The Morgan fingerprint density at radius 3 is 3.00 bits per heavy atom. The van der Waals surface area contributed by atoms with Gasteiger partial charge in [-0.25, -0.2) is 0 Å². The Hall–Kier alpha value is -1.02. The lowest BCUT2D eigenvalue weighted by atomic mass is 9.90. The van der Waals surface area contributed by atoms with Crippen molar-refractivity contribution in [2.24, 2.45) is 5.92 Å². The number of anilines is 1. The summed E-state index contributed by atoms with van der Waals surface area (Å²) in [6.07, 6.45) is 6.57. The summed E-state index contributed by atoms with van der Waals surface area (Å²) in [5.41, 5.74) is 4.79. The maximum atomic E-state index is 3.54. The fraction of sp³-hybridized carbons (Fsp3) is 0.647. The number of benzene rings is 1. The second-order valence-corrected chi connectivity index (χ2v) is 6.23. The molecule has 0 aromatic heterocycles. The van der Waals surface area contributed by atoms with Crippen LogP contribution in [0.25, 0.3) is 0 Å². The van der Waals surface area contributed by atoms with E-state index < -0.39 is 0 Å². The average molecular weight is 258 g/mol. The van der Waals surface area contributed by atoms with E-state index in [1.165, 1.54) is 50.9 Å². The smallest absolute Gasteiger partial charge is 0.0401 e. The molecule has 2 nitrogen and oxygen atoms in total. The van der Waals surface area contributed by atoms with E-state index in [0.717, 1.165) is 19.0 Å². The van der Waals surface area contributed by atoms with Gasteiger partial charge in [0, 0.05) is 18.8 Å². The van der Waals surface area contributed by atoms with Gasteiger partial charge in [0.25, 0.3) is 0 Å². The van der Waals surface area contributed by atoms with Crippen molar-refractivity contribution in [2.45, 2.75) is 39.0 Å². The summed E-state index contributed by atoms with van der Waals surface area (Å²) >= 11 is 0. The molecule has 0 bridgehead atoms. The second-order valence-electron chi connectivity index (χ2n) is 6.23. The van der Waals surface area contributed by atoms with Crippen LogP contribution in [0, 0.1) is 5.92 Å². The number of hydrogen-bond donors (Lipinski definition) is 1. The van der Waals surface area contributed by atoms with Gasteiger partial charge in [-0.3, -0.25) is 0 Å². The minimum atomic E-state index is 0.736. The first kappa shape index (κ1) is 13.0. The van der Waals surface area contributed by atoms with Crippen LogP contribution >= 0.6 is 0 Å². The summed E-state index contributed by atoms with van der Waals surface area (Å²) in [6.45, 7) is 7.08. The van der Waals surface area contributed by atoms with E-state index in [-0.39, 0.29) is 0 Å². The first-order valence-corrected chi connectivity index (χ1v) is 7.91. The summed E-state index contributed by atoms with van der Waals surface area (Å²) in [4.78, 5) is 2.65. The predicted molar refractivity (Wildman–Crippen MR) is 81.9 cm³/mol. The predicted octanol–water partition coefficient (Wildman–Crippen LogP) is 3.00. The van der Waals surface area contributed by atoms with Crippen molar-refractivity contribution in [3.05, 3.63) is 29.3 Å². The van der Waals surface area contributed by atoms with Gasteiger partial charge in [-0.1, -0.05) is 19.1 Å². The van der Waals surface area contributed by atoms with Crippen LogP contribution in [0.15, 0.2) is 18.2 Å². The third-order valence-electron chi connectivity index (χ3n) is 4.52. The van der Waals surface area contributed by atoms with Crippen molar-refractivity contribution < 1.29 is 0 Å². The summed E-state index contributed by atoms with van der Waals surface area (Å²) in [6, 6.07) is 6.96. The van der Waals surface area contributed by atoms with Crippen molar-refractivity contribution in [2.75, 3.05) is 31.1 Å². The highest BCUT2D eigenvalue weighted by Crippen LogP contribution is 2.31. The van der Waals surface area contributed by atoms with Crippen LogP contribution in [0.4, 0.5) is 5.69 Å². The van der Waals surface area contributed by atoms with Crippen LogP contribution in [-0.4, -0.2) is 26.2 Å². The molecule has 0 amide bonds. The molecule has 1 unspecified atom stereocenters. The molecule has 1 aliphatic heterocycles. The Balaban J connectivity index is 1.87. The van der Waals surface area contributed by atoms with Crippen molar-refractivity contribution in [3.63, 3.8) is 0 Å². The molecule has 1 aromatic rings. The van der Waals surface area contributed by atoms with Gasteiger partial charge in [0.2, 0.25) is 0 Å². The van der Waals surface area contributed by atoms with E-state index >= 15 is 0 Å². The zero-order valence-corrected chi connectivity index (χ0v) is 12.1. The van der Waals surface area contributed by atoms with Crippen LogP contribution in [0.1, 0.15) is 37.3 Å². The van der Waals surface area contributed by atoms with Gasteiger partial charge in [0.05, 0.1) is 0 Å². The van der Waals surface area contributed by atoms with E-state index in [9.17, 15) is 0 Å². The number of hydrogen-bond acceptors (Lipinski definition) is 2. The molecule has 19 heavy (non-hydrogen) atoms. The van der Waals surface area contributed by atoms with Crippen LogP contribution in [0.3, 0.4) is 0 Å². The van der Waals surface area contributed by atoms with E-state index in [0.29, 0.717) is 0 Å². The van der Waals surface area contributed by atoms with E-state index in [2.05, 4.69) is 35.3 Å². The molecule has 2 aliphatic rings. The largest absolute Gasteiger partial charge is 0.371 e. The average Bonchev–Trinajstić information content (AvgIpc) is 2.42. The van der Waals surface area contributed by atoms with Crippen molar-refractivity contribution >= 4 is 5.69 Å². The van der Waals surface area contributed by atoms with Crippen LogP contribution in [0.5, 0.6) is 0 Å². The molecule has 1 aromatic carbocycles. The minimum absolute atomic E-state index is 0.736. The third kappa shape index (κ3) is 2.94. The topological polar surface area (TPSA) is 15.3 Å². The molecule has 1 heterocycles. The lowest BCUT2D eigenvalue weighted by molar-refractivity contribution is 0.467. The molecule has 1 fully saturated rings. The molecule has 3 rings (SSSR count). The standard InChI is InChI=1S/C17H26N2/c1-14-12-18-10-5-11-19(13-14)17-9-4-7-15-6-2-3-8-16(15)17/h4,7,9,14,18H,2-3,5-6,8,10-13H2,1H3. The highest BCUT2D eigenvalue weighted by Gasteiger charge is 2.19. The molecule has 1 N–H and O–H groups in total. The SMILES string of the molecule is CC1CNCCCN(c2cccc3c2CCCC3)C1. The highest BCUT2D eigenvalue weighted by atomic mass is 15.1. The maximum absolute atomic E-state index is 3.54. The zero-order valence-electron chi connectivity index (χ0n) is 12.1. The van der Waals surface area contributed by atoms with Gasteiger partial charge in [-0.2, -0.15) is 0 Å². The first-order chi connectivity index (χ1) is 9.34. The van der Waals surface area contributed by atoms with Gasteiger partial charge < -0.3 is 10.2 Å². The van der Waals surface area contributed by atoms with Crippen LogP contribution in [0.2, 0.25) is 0 Å². The van der Waals surface area contributed by atoms with Gasteiger partial charge in [-0.05, 0) is 68.3 Å². The van der Waals surface area contributed by atoms with Crippen molar-refractivity contribution in [1.82, 2.24) is 5.32 Å². The van der Waals surface area contributed by atoms with Crippen molar-refractivity contribution in [1.29, 1.82) is 0 Å². The lowest BCUT2D eigenvalue weighted by Gasteiger charge is -2.33. The van der Waals surface area contributed by atoms with Crippen molar-refractivity contribution in [3.8, 4) is 0 Å². The quantitative estimate of drug-likeness (QED) is 0.833. The lowest BCUT2D eigenvalue weighted by Crippen LogP contribution is -2.39. The summed E-state index contributed by atoms with van der Waals surface area (Å²) < 4.78 is 0. The van der Waals surface area contributed by atoms with Gasteiger partial charge in [0.1, 0.15) is 0 Å². The number of nitrogens with one attached hydrogen (secondary N) is 1. The normalized spacial score (nSPS) is 24.5. The summed E-state index contributed by atoms with van der Waals surface area (Å²) in [5, 5.41) is 3.54. The number of nitrogens with zero attached hydrogens (tertiary/aromatic N) is 1. The van der Waals surface area contributed by atoms with E-state index in [4.69, 9.17) is 0 Å². The molecular formula is C17H26N2. The summed E-state index contributed by atoms with van der Waals surface area (Å²) in [5.74, 6) is 0.736. The van der Waals surface area contributed by atoms with Gasteiger partial charge in [-0.15, -0.1) is 0 Å².